The zero-order valence-corrected chi connectivity index (χ0v) is 25.6. The van der Waals surface area contributed by atoms with Crippen LogP contribution in [0.5, 0.6) is 0 Å². The minimum Gasteiger partial charge on any atom is -0.455 e. The molecule has 0 saturated heterocycles. The molecule has 9 rings (SSSR count). The summed E-state index contributed by atoms with van der Waals surface area (Å²) in [6, 6.07) is 39.1. The Hall–Kier alpha value is -5.81. The first-order valence-electron chi connectivity index (χ1n) is 15.4. The molecular weight excluding hydrogens is 584 g/mol. The van der Waals surface area contributed by atoms with Gasteiger partial charge in [-0.3, -0.25) is 0 Å². The van der Waals surface area contributed by atoms with Gasteiger partial charge in [-0.25, -0.2) is 15.0 Å². The van der Waals surface area contributed by atoms with Crippen molar-refractivity contribution in [3.8, 4) is 39.9 Å². The van der Waals surface area contributed by atoms with Crippen molar-refractivity contribution in [1.29, 1.82) is 0 Å². The van der Waals surface area contributed by atoms with E-state index in [0.717, 1.165) is 55.0 Å². The average molecular weight is 604 g/mol. The number of para-hydroxylation sites is 1. The normalized spacial score (nSPS) is 11.7. The van der Waals surface area contributed by atoms with Crippen LogP contribution < -0.4 is 21.9 Å². The SMILES string of the molecule is [B]c1cc([B])c2c(c1)c1cc([B])cc([B])c1n2-c1cccc2oc3c(-c4nc(-c5ccccc5)nc(-c5ccccc5)n4)cccc3c12. The van der Waals surface area contributed by atoms with Gasteiger partial charge in [-0.05, 0) is 18.2 Å². The Morgan fingerprint density at radius 1 is 0.500 bits per heavy atom. The summed E-state index contributed by atoms with van der Waals surface area (Å²) in [6.45, 7) is 0. The molecule has 0 aliphatic carbocycles. The highest BCUT2D eigenvalue weighted by atomic mass is 16.3. The lowest BCUT2D eigenvalue weighted by Crippen LogP contribution is -2.18. The van der Waals surface area contributed by atoms with Gasteiger partial charge in [0.15, 0.2) is 17.5 Å². The van der Waals surface area contributed by atoms with Crippen molar-refractivity contribution >= 4 is 97.0 Å². The van der Waals surface area contributed by atoms with E-state index in [2.05, 4.69) is 4.57 Å². The largest absolute Gasteiger partial charge is 0.455 e. The summed E-state index contributed by atoms with van der Waals surface area (Å²) in [4.78, 5) is 14.8. The van der Waals surface area contributed by atoms with Crippen LogP contribution in [0.4, 0.5) is 0 Å². The number of nitrogens with zero attached hydrogens (tertiary/aromatic N) is 4. The van der Waals surface area contributed by atoms with Crippen LogP contribution >= 0.6 is 0 Å². The van der Waals surface area contributed by atoms with Crippen LogP contribution in [0.1, 0.15) is 0 Å². The van der Waals surface area contributed by atoms with Gasteiger partial charge in [-0.2, -0.15) is 0 Å². The third-order valence-electron chi connectivity index (χ3n) is 8.74. The second-order valence-corrected chi connectivity index (χ2v) is 11.8. The molecule has 6 aromatic carbocycles. The molecule has 9 aromatic rings. The molecule has 0 N–H and O–H groups in total. The summed E-state index contributed by atoms with van der Waals surface area (Å²) in [7, 11) is 25.9. The molecule has 8 radical (unpaired) electrons. The minimum absolute atomic E-state index is 0.505. The molecule has 0 aliphatic rings. The van der Waals surface area contributed by atoms with Crippen molar-refractivity contribution in [3.05, 3.63) is 121 Å². The maximum Gasteiger partial charge on any atom is 0.167 e. The summed E-state index contributed by atoms with van der Waals surface area (Å²) in [5.74, 6) is 1.65. The molecule has 48 heavy (non-hydrogen) atoms. The Bertz CT molecular complexity index is 2600. The van der Waals surface area contributed by atoms with Crippen molar-refractivity contribution in [1.82, 2.24) is 19.5 Å². The lowest BCUT2D eigenvalue weighted by Gasteiger charge is -2.13. The summed E-state index contributed by atoms with van der Waals surface area (Å²) in [5, 5.41) is 3.50. The summed E-state index contributed by atoms with van der Waals surface area (Å²) in [5.41, 5.74) is 8.44. The van der Waals surface area contributed by atoms with Crippen LogP contribution in [0.15, 0.2) is 126 Å². The predicted molar refractivity (Wildman–Crippen MR) is 199 cm³/mol. The van der Waals surface area contributed by atoms with Gasteiger partial charge in [-0.15, -0.1) is 0 Å². The summed E-state index contributed by atoms with van der Waals surface area (Å²) >= 11 is 0. The van der Waals surface area contributed by atoms with Gasteiger partial charge < -0.3 is 8.98 Å². The van der Waals surface area contributed by atoms with Gasteiger partial charge in [0.2, 0.25) is 0 Å². The van der Waals surface area contributed by atoms with Gasteiger partial charge in [0, 0.05) is 38.3 Å². The molecule has 3 heterocycles. The molecule has 0 atom stereocenters. The molecular formula is C39H20B4N4O. The van der Waals surface area contributed by atoms with Gasteiger partial charge in [-0.1, -0.05) is 125 Å². The number of aromatic nitrogens is 4. The maximum atomic E-state index is 6.68. The van der Waals surface area contributed by atoms with Gasteiger partial charge >= 0.3 is 0 Å². The topological polar surface area (TPSA) is 56.7 Å². The number of fused-ring (bicyclic) bond motifs is 6. The van der Waals surface area contributed by atoms with Crippen molar-refractivity contribution in [2.75, 3.05) is 0 Å². The number of hydrogen-bond acceptors (Lipinski definition) is 4. The fourth-order valence-corrected chi connectivity index (χ4v) is 6.74. The van der Waals surface area contributed by atoms with E-state index in [-0.39, 0.29) is 0 Å². The lowest BCUT2D eigenvalue weighted by atomic mass is 9.83. The first-order valence-corrected chi connectivity index (χ1v) is 15.4. The third-order valence-corrected chi connectivity index (χ3v) is 8.74. The first-order chi connectivity index (χ1) is 23.4. The minimum atomic E-state index is 0.505. The standard InChI is InChI=1S/C39H20B4N4O/c40-23-17-27-28-18-24(41)20-30(43)35(28)47(34(27)29(42)19-23)31-15-8-16-32-33(31)25-13-7-14-26(36(25)48-32)39-45-37(21-9-3-1-4-10-21)44-38(46-39)22-11-5-2-6-12-22/h1-20H. The number of furan rings is 1. The predicted octanol–water partition coefficient (Wildman–Crippen LogP) is 5.04. The molecule has 0 saturated carbocycles. The van der Waals surface area contributed by atoms with Crippen LogP contribution in [-0.2, 0) is 0 Å². The molecule has 9 heteroatoms. The van der Waals surface area contributed by atoms with E-state index in [1.54, 1.807) is 12.1 Å². The van der Waals surface area contributed by atoms with Crippen LogP contribution in [0, 0.1) is 0 Å². The van der Waals surface area contributed by atoms with Crippen LogP contribution in [-0.4, -0.2) is 50.9 Å². The lowest BCUT2D eigenvalue weighted by molar-refractivity contribution is 0.669. The molecule has 0 bridgehead atoms. The third kappa shape index (κ3) is 4.42. The first kappa shape index (κ1) is 28.4. The zero-order valence-electron chi connectivity index (χ0n) is 25.6. The van der Waals surface area contributed by atoms with E-state index in [0.29, 0.717) is 50.5 Å². The van der Waals surface area contributed by atoms with Crippen LogP contribution in [0.25, 0.3) is 83.6 Å². The van der Waals surface area contributed by atoms with E-state index in [4.69, 9.17) is 50.8 Å². The Morgan fingerprint density at radius 3 is 1.62 bits per heavy atom. The summed E-state index contributed by atoms with van der Waals surface area (Å²) in [6.07, 6.45) is 0. The highest BCUT2D eigenvalue weighted by Crippen LogP contribution is 2.40. The molecule has 0 spiro atoms. The quantitative estimate of drug-likeness (QED) is 0.265. The Labute approximate surface area is 281 Å². The molecule has 3 aromatic heterocycles. The van der Waals surface area contributed by atoms with E-state index in [1.165, 1.54) is 0 Å². The zero-order chi connectivity index (χ0) is 32.5. The van der Waals surface area contributed by atoms with Gasteiger partial charge in [0.25, 0.3) is 0 Å². The van der Waals surface area contributed by atoms with Gasteiger partial charge in [0.1, 0.15) is 42.6 Å². The average Bonchev–Trinajstić information content (AvgIpc) is 3.65. The fourth-order valence-electron chi connectivity index (χ4n) is 6.74. The second kappa shape index (κ2) is 10.9. The second-order valence-electron chi connectivity index (χ2n) is 11.8. The number of rotatable bonds is 4. The van der Waals surface area contributed by atoms with Crippen LogP contribution in [0.2, 0.25) is 0 Å². The molecule has 0 amide bonds. The smallest absolute Gasteiger partial charge is 0.167 e. The van der Waals surface area contributed by atoms with Crippen LogP contribution in [0.3, 0.4) is 0 Å². The van der Waals surface area contributed by atoms with E-state index in [1.807, 2.05) is 109 Å². The molecule has 0 fully saturated rings. The maximum absolute atomic E-state index is 6.68. The molecule has 5 nitrogen and oxygen atoms in total. The number of benzene rings is 6. The highest BCUT2D eigenvalue weighted by Gasteiger charge is 2.22. The van der Waals surface area contributed by atoms with E-state index in [9.17, 15) is 0 Å². The highest BCUT2D eigenvalue weighted by molar-refractivity contribution is 6.48. The van der Waals surface area contributed by atoms with Crippen molar-refractivity contribution in [3.63, 3.8) is 0 Å². The fraction of sp³-hybridized carbons (Fsp3) is 0. The summed E-state index contributed by atoms with van der Waals surface area (Å²) < 4.78 is 8.76. The Morgan fingerprint density at radius 2 is 1.04 bits per heavy atom. The Balaban J connectivity index is 1.34. The Kier molecular flexibility index (Phi) is 6.44. The van der Waals surface area contributed by atoms with Crippen molar-refractivity contribution in [2.24, 2.45) is 0 Å². The molecule has 214 valence electrons. The number of hydrogen-bond donors (Lipinski definition) is 0. The van der Waals surface area contributed by atoms with Crippen molar-refractivity contribution < 1.29 is 4.42 Å². The monoisotopic (exact) mass is 604 g/mol. The van der Waals surface area contributed by atoms with E-state index < -0.39 is 0 Å². The van der Waals surface area contributed by atoms with Gasteiger partial charge in [0.05, 0.1) is 16.6 Å². The molecule has 0 unspecified atom stereocenters. The van der Waals surface area contributed by atoms with Crippen molar-refractivity contribution in [2.45, 2.75) is 0 Å². The van der Waals surface area contributed by atoms with E-state index >= 15 is 0 Å². The molecule has 0 aliphatic heterocycles.